The third-order valence-electron chi connectivity index (χ3n) is 5.10. The molecule has 0 aromatic heterocycles. The molecule has 0 saturated heterocycles. The third kappa shape index (κ3) is 5.86. The lowest BCUT2D eigenvalue weighted by atomic mass is 9.75. The van der Waals surface area contributed by atoms with Gasteiger partial charge in [0.1, 0.15) is 0 Å². The summed E-state index contributed by atoms with van der Waals surface area (Å²) in [5.74, 6) is -0.0826. The number of carbonyl (C=O) groups is 2. The van der Waals surface area contributed by atoms with E-state index in [1.165, 1.54) is 5.56 Å². The standard InChI is InChI=1S/C22H32O4/c1-3-5-15-25-21(23)14-12-17-11-13-20(22(24)26-16-6-4-2)19-10-8-7-9-18(17)19/h7-10,17,20H,3-6,11-16H2,1-2H3. The van der Waals surface area contributed by atoms with Crippen molar-refractivity contribution in [3.63, 3.8) is 0 Å². The molecule has 26 heavy (non-hydrogen) atoms. The van der Waals surface area contributed by atoms with Gasteiger partial charge in [-0.1, -0.05) is 51.0 Å². The largest absolute Gasteiger partial charge is 0.466 e. The maximum Gasteiger partial charge on any atom is 0.313 e. The van der Waals surface area contributed by atoms with E-state index in [-0.39, 0.29) is 17.9 Å². The molecule has 1 aliphatic carbocycles. The minimum Gasteiger partial charge on any atom is -0.466 e. The van der Waals surface area contributed by atoms with Gasteiger partial charge in [-0.3, -0.25) is 9.59 Å². The number of hydrogen-bond acceptors (Lipinski definition) is 4. The lowest BCUT2D eigenvalue weighted by molar-refractivity contribution is -0.146. The van der Waals surface area contributed by atoms with Crippen LogP contribution in [0.25, 0.3) is 0 Å². The first-order chi connectivity index (χ1) is 12.7. The Morgan fingerprint density at radius 3 is 2.31 bits per heavy atom. The lowest BCUT2D eigenvalue weighted by Gasteiger charge is -2.30. The highest BCUT2D eigenvalue weighted by Crippen LogP contribution is 2.41. The summed E-state index contributed by atoms with van der Waals surface area (Å²) < 4.78 is 10.7. The Balaban J connectivity index is 1.95. The van der Waals surface area contributed by atoms with Crippen LogP contribution in [-0.4, -0.2) is 25.2 Å². The van der Waals surface area contributed by atoms with Gasteiger partial charge >= 0.3 is 11.9 Å². The number of unbranched alkanes of at least 4 members (excludes halogenated alkanes) is 2. The summed E-state index contributed by atoms with van der Waals surface area (Å²) in [5, 5.41) is 0. The summed E-state index contributed by atoms with van der Waals surface area (Å²) in [7, 11) is 0. The second kappa shape index (κ2) is 11.0. The molecule has 0 N–H and O–H groups in total. The molecule has 1 aliphatic rings. The van der Waals surface area contributed by atoms with Gasteiger partial charge < -0.3 is 9.47 Å². The Morgan fingerprint density at radius 1 is 0.962 bits per heavy atom. The van der Waals surface area contributed by atoms with Crippen LogP contribution in [0.3, 0.4) is 0 Å². The SMILES string of the molecule is CCCCOC(=O)CCC1CCC(C(=O)OCCCC)c2ccccc21. The number of hydrogen-bond donors (Lipinski definition) is 0. The molecule has 144 valence electrons. The quantitative estimate of drug-likeness (QED) is 0.429. The average molecular weight is 360 g/mol. The highest BCUT2D eigenvalue weighted by atomic mass is 16.5. The van der Waals surface area contributed by atoms with Crippen molar-refractivity contribution in [2.75, 3.05) is 13.2 Å². The molecule has 0 saturated carbocycles. The summed E-state index contributed by atoms with van der Waals surface area (Å²) >= 11 is 0. The zero-order valence-corrected chi connectivity index (χ0v) is 16.2. The number of ether oxygens (including phenoxy) is 2. The van der Waals surface area contributed by atoms with Crippen molar-refractivity contribution in [1.29, 1.82) is 0 Å². The van der Waals surface area contributed by atoms with Gasteiger partial charge in [0, 0.05) is 6.42 Å². The average Bonchev–Trinajstić information content (AvgIpc) is 2.66. The molecule has 0 spiro atoms. The minimum absolute atomic E-state index is 0.108. The van der Waals surface area contributed by atoms with Crippen molar-refractivity contribution in [2.45, 2.75) is 77.0 Å². The molecule has 2 unspecified atom stereocenters. The molecular formula is C22H32O4. The van der Waals surface area contributed by atoms with Gasteiger partial charge in [-0.15, -0.1) is 0 Å². The van der Waals surface area contributed by atoms with Crippen molar-refractivity contribution < 1.29 is 19.1 Å². The second-order valence-electron chi connectivity index (χ2n) is 7.09. The van der Waals surface area contributed by atoms with Gasteiger partial charge in [0.05, 0.1) is 19.1 Å². The van der Waals surface area contributed by atoms with Crippen molar-refractivity contribution in [3.05, 3.63) is 35.4 Å². The van der Waals surface area contributed by atoms with Crippen molar-refractivity contribution in [2.24, 2.45) is 0 Å². The fourth-order valence-electron chi connectivity index (χ4n) is 3.54. The van der Waals surface area contributed by atoms with Gasteiger partial charge in [-0.25, -0.2) is 0 Å². The van der Waals surface area contributed by atoms with E-state index in [9.17, 15) is 9.59 Å². The highest BCUT2D eigenvalue weighted by Gasteiger charge is 2.32. The summed E-state index contributed by atoms with van der Waals surface area (Å²) in [6.07, 6.45) is 6.78. The summed E-state index contributed by atoms with van der Waals surface area (Å²) in [4.78, 5) is 24.4. The van der Waals surface area contributed by atoms with E-state index in [4.69, 9.17) is 9.47 Å². The fourth-order valence-corrected chi connectivity index (χ4v) is 3.54. The molecule has 0 heterocycles. The third-order valence-corrected chi connectivity index (χ3v) is 5.10. The molecule has 2 rings (SSSR count). The normalized spacial score (nSPS) is 18.8. The van der Waals surface area contributed by atoms with Crippen LogP contribution in [0.5, 0.6) is 0 Å². The van der Waals surface area contributed by atoms with Crippen LogP contribution < -0.4 is 0 Å². The number of fused-ring (bicyclic) bond motifs is 1. The molecule has 1 aromatic carbocycles. The molecule has 0 amide bonds. The minimum atomic E-state index is -0.171. The number of carbonyl (C=O) groups excluding carboxylic acids is 2. The van der Waals surface area contributed by atoms with Gasteiger partial charge in [0.15, 0.2) is 0 Å². The Kier molecular flexibility index (Phi) is 8.66. The van der Waals surface area contributed by atoms with E-state index in [1.54, 1.807) is 0 Å². The molecule has 4 heteroatoms. The Bertz CT molecular complexity index is 581. The van der Waals surface area contributed by atoms with Gasteiger partial charge in [0.25, 0.3) is 0 Å². The number of rotatable bonds is 10. The zero-order valence-electron chi connectivity index (χ0n) is 16.2. The summed E-state index contributed by atoms with van der Waals surface area (Å²) in [6, 6.07) is 8.11. The molecule has 0 aliphatic heterocycles. The van der Waals surface area contributed by atoms with E-state index >= 15 is 0 Å². The summed E-state index contributed by atoms with van der Waals surface area (Å²) in [6.45, 7) is 5.18. The summed E-state index contributed by atoms with van der Waals surface area (Å²) in [5.41, 5.74) is 2.27. The Hall–Kier alpha value is -1.84. The smallest absolute Gasteiger partial charge is 0.313 e. The Morgan fingerprint density at radius 2 is 1.62 bits per heavy atom. The molecule has 0 bridgehead atoms. The molecule has 0 fully saturated rings. The van der Waals surface area contributed by atoms with Crippen molar-refractivity contribution in [1.82, 2.24) is 0 Å². The topological polar surface area (TPSA) is 52.6 Å². The van der Waals surface area contributed by atoms with Crippen LogP contribution in [0.4, 0.5) is 0 Å². The molecule has 1 aromatic rings. The van der Waals surface area contributed by atoms with Crippen LogP contribution in [0.1, 0.15) is 88.2 Å². The van der Waals surface area contributed by atoms with E-state index in [0.29, 0.717) is 25.6 Å². The molecule has 0 radical (unpaired) electrons. The second-order valence-corrected chi connectivity index (χ2v) is 7.09. The first-order valence-corrected chi connectivity index (χ1v) is 10.1. The van der Waals surface area contributed by atoms with E-state index < -0.39 is 0 Å². The predicted molar refractivity (Wildman–Crippen MR) is 102 cm³/mol. The van der Waals surface area contributed by atoms with Gasteiger partial charge in [-0.2, -0.15) is 0 Å². The van der Waals surface area contributed by atoms with Crippen molar-refractivity contribution >= 4 is 11.9 Å². The maximum absolute atomic E-state index is 12.5. The van der Waals surface area contributed by atoms with Crippen LogP contribution in [0.2, 0.25) is 0 Å². The van der Waals surface area contributed by atoms with Crippen LogP contribution in [0, 0.1) is 0 Å². The highest BCUT2D eigenvalue weighted by molar-refractivity contribution is 5.79. The number of benzene rings is 1. The molecule has 2 atom stereocenters. The van der Waals surface area contributed by atoms with Crippen LogP contribution in [0.15, 0.2) is 24.3 Å². The van der Waals surface area contributed by atoms with Gasteiger partial charge in [0.2, 0.25) is 0 Å². The monoisotopic (exact) mass is 360 g/mol. The number of esters is 2. The van der Waals surface area contributed by atoms with Gasteiger partial charge in [-0.05, 0) is 49.1 Å². The first-order valence-electron chi connectivity index (χ1n) is 10.1. The van der Waals surface area contributed by atoms with Crippen LogP contribution >= 0.6 is 0 Å². The fraction of sp³-hybridized carbons (Fsp3) is 0.636. The van der Waals surface area contributed by atoms with Crippen LogP contribution in [-0.2, 0) is 19.1 Å². The van der Waals surface area contributed by atoms with Crippen molar-refractivity contribution in [3.8, 4) is 0 Å². The maximum atomic E-state index is 12.5. The van der Waals surface area contributed by atoms with E-state index in [2.05, 4.69) is 19.9 Å². The zero-order chi connectivity index (χ0) is 18.8. The Labute approximate surface area is 157 Å². The van der Waals surface area contributed by atoms with E-state index in [1.807, 2.05) is 18.2 Å². The van der Waals surface area contributed by atoms with E-state index in [0.717, 1.165) is 50.5 Å². The molecular weight excluding hydrogens is 328 g/mol. The lowest BCUT2D eigenvalue weighted by Crippen LogP contribution is -2.23. The predicted octanol–water partition coefficient (Wildman–Crippen LogP) is 5.11. The molecule has 4 nitrogen and oxygen atoms in total. The first kappa shape index (κ1) is 20.5.